The fourth-order valence-electron chi connectivity index (χ4n) is 2.60. The van der Waals surface area contributed by atoms with Crippen LogP contribution in [0.3, 0.4) is 0 Å². The summed E-state index contributed by atoms with van der Waals surface area (Å²) >= 11 is 0. The molecule has 0 aliphatic rings. The maximum Gasteiger partial charge on any atom is 1.00 e. The first-order valence-electron chi connectivity index (χ1n) is 10.6. The first-order chi connectivity index (χ1) is 15.5. The average molecular weight is 525 g/mol. The first kappa shape index (κ1) is 33.5. The van der Waals surface area contributed by atoms with Gasteiger partial charge in [-0.05, 0) is 54.8 Å². The number of phenolic OH excluding ortho intramolecular Hbond substituents is 1. The fraction of sp³-hybridized carbons (Fsp3) is 0.269. The molecule has 1 atom stereocenters. The smallest absolute Gasteiger partial charge is 0.872 e. The predicted molar refractivity (Wildman–Crippen MR) is 130 cm³/mol. The van der Waals surface area contributed by atoms with Crippen LogP contribution >= 0.6 is 0 Å². The molecule has 7 heteroatoms. The van der Waals surface area contributed by atoms with E-state index in [4.69, 9.17) is 10.5 Å². The number of carbonyl (C=O) groups is 1. The van der Waals surface area contributed by atoms with Gasteiger partial charge in [0.15, 0.2) is 0 Å². The molecule has 4 N–H and O–H groups in total. The Balaban J connectivity index is 0. The Hall–Kier alpha value is -1.70. The standard InChI is InChI=1S/C15H17NO3.C9H13NO.C2H6.Rb/c1-2-19-12-6-3-10(4-7-12)15(16)13-8-5-11(17)9-14(13)18;1-3-5-9(6-4-2)7-10-8-11;1-2;/h3-9,15,17-18H,2,16H2,1H3;3-6,8H,1,7H2,2H3,(H,10,11);1-2H3;/q;;;+1/p-1/b;6-4-,9-5+;;. The minimum atomic E-state index is -0.510. The number of hydrogen-bond acceptors (Lipinski definition) is 5. The van der Waals surface area contributed by atoms with Crippen molar-refractivity contribution in [3.05, 3.63) is 90.0 Å². The van der Waals surface area contributed by atoms with E-state index in [9.17, 15) is 15.0 Å². The maximum atomic E-state index is 11.8. The molecule has 1 unspecified atom stereocenters. The van der Waals surface area contributed by atoms with E-state index in [1.165, 1.54) is 12.1 Å². The molecule has 2 rings (SSSR count). The molecule has 0 saturated carbocycles. The third-order valence-electron chi connectivity index (χ3n) is 3.98. The molecule has 0 fully saturated rings. The van der Waals surface area contributed by atoms with Gasteiger partial charge < -0.3 is 26.0 Å². The molecule has 0 radical (unpaired) electrons. The van der Waals surface area contributed by atoms with Crippen LogP contribution in [0.1, 0.15) is 44.9 Å². The molecule has 0 aromatic heterocycles. The minimum Gasteiger partial charge on any atom is -0.872 e. The Morgan fingerprint density at radius 2 is 1.88 bits per heavy atom. The van der Waals surface area contributed by atoms with Crippen LogP contribution in [-0.2, 0) is 4.79 Å². The summed E-state index contributed by atoms with van der Waals surface area (Å²) in [4.78, 5) is 9.93. The molecule has 0 bridgehead atoms. The number of phenols is 1. The van der Waals surface area contributed by atoms with Crippen molar-refractivity contribution in [1.82, 2.24) is 5.32 Å². The number of aromatic hydroxyl groups is 1. The van der Waals surface area contributed by atoms with Crippen molar-refractivity contribution in [2.75, 3.05) is 13.2 Å². The van der Waals surface area contributed by atoms with Gasteiger partial charge in [-0.3, -0.25) is 4.79 Å². The van der Waals surface area contributed by atoms with Crippen LogP contribution < -0.4 is 79.1 Å². The largest absolute Gasteiger partial charge is 1.00 e. The van der Waals surface area contributed by atoms with Crippen molar-refractivity contribution in [2.24, 2.45) is 5.73 Å². The van der Waals surface area contributed by atoms with Gasteiger partial charge in [0.2, 0.25) is 6.41 Å². The monoisotopic (exact) mass is 524 g/mol. The summed E-state index contributed by atoms with van der Waals surface area (Å²) in [5, 5.41) is 23.6. The number of hydrogen-bond donors (Lipinski definition) is 3. The fourth-order valence-corrected chi connectivity index (χ4v) is 2.60. The van der Waals surface area contributed by atoms with Crippen LogP contribution in [0, 0.1) is 0 Å². The zero-order chi connectivity index (χ0) is 24.4. The Bertz CT molecular complexity index is 865. The predicted octanol–water partition coefficient (Wildman–Crippen LogP) is 1.36. The summed E-state index contributed by atoms with van der Waals surface area (Å²) in [6.07, 6.45) is 8.08. The van der Waals surface area contributed by atoms with Crippen molar-refractivity contribution in [1.29, 1.82) is 0 Å². The van der Waals surface area contributed by atoms with E-state index in [-0.39, 0.29) is 69.7 Å². The number of nitrogens with one attached hydrogen (secondary N) is 1. The van der Waals surface area contributed by atoms with E-state index in [1.54, 1.807) is 12.1 Å². The number of ether oxygens (including phenoxy) is 1. The second-order valence-corrected chi connectivity index (χ2v) is 6.18. The van der Waals surface area contributed by atoms with E-state index in [1.807, 2.05) is 70.2 Å². The summed E-state index contributed by atoms with van der Waals surface area (Å²) < 4.78 is 5.35. The molecule has 2 aromatic carbocycles. The molecular formula is C26H35N2O4Rb. The molecule has 0 heterocycles. The van der Waals surface area contributed by atoms with Gasteiger partial charge in [-0.2, -0.15) is 0 Å². The van der Waals surface area contributed by atoms with E-state index in [0.29, 0.717) is 25.1 Å². The van der Waals surface area contributed by atoms with Crippen LogP contribution in [0.2, 0.25) is 0 Å². The summed E-state index contributed by atoms with van der Waals surface area (Å²) in [5.74, 6) is 0.459. The van der Waals surface area contributed by atoms with Crippen molar-refractivity contribution in [3.8, 4) is 17.2 Å². The van der Waals surface area contributed by atoms with Crippen LogP contribution in [0.4, 0.5) is 0 Å². The van der Waals surface area contributed by atoms with Crippen LogP contribution in [-0.4, -0.2) is 24.7 Å². The first-order valence-corrected chi connectivity index (χ1v) is 10.6. The summed E-state index contributed by atoms with van der Waals surface area (Å²) in [7, 11) is 0. The number of benzene rings is 2. The summed E-state index contributed by atoms with van der Waals surface area (Å²) in [6, 6.07) is 11.0. The number of carbonyl (C=O) groups excluding carboxylic acids is 1. The molecule has 174 valence electrons. The van der Waals surface area contributed by atoms with Crippen LogP contribution in [0.5, 0.6) is 17.2 Å². The van der Waals surface area contributed by atoms with Gasteiger partial charge in [0.05, 0.1) is 12.6 Å². The zero-order valence-corrected chi connectivity index (χ0v) is 25.3. The van der Waals surface area contributed by atoms with Gasteiger partial charge in [0, 0.05) is 6.54 Å². The third kappa shape index (κ3) is 13.6. The molecule has 0 aliphatic heterocycles. The number of amides is 1. The van der Waals surface area contributed by atoms with Gasteiger partial charge >= 0.3 is 58.2 Å². The maximum absolute atomic E-state index is 11.8. The molecule has 0 aliphatic carbocycles. The third-order valence-corrected chi connectivity index (χ3v) is 3.98. The van der Waals surface area contributed by atoms with Crippen LogP contribution in [0.15, 0.2) is 78.9 Å². The molecule has 6 nitrogen and oxygen atoms in total. The topological polar surface area (TPSA) is 108 Å². The van der Waals surface area contributed by atoms with Gasteiger partial charge in [0.1, 0.15) is 11.5 Å². The van der Waals surface area contributed by atoms with Crippen molar-refractivity contribution in [3.63, 3.8) is 0 Å². The molecular weight excluding hydrogens is 490 g/mol. The molecule has 33 heavy (non-hydrogen) atoms. The number of allylic oxidation sites excluding steroid dienone is 3. The van der Waals surface area contributed by atoms with Gasteiger partial charge in [-0.25, -0.2) is 0 Å². The Morgan fingerprint density at radius 3 is 2.36 bits per heavy atom. The Kier molecular flexibility index (Phi) is 21.2. The molecule has 0 saturated heterocycles. The SMILES string of the molecule is C=C/C=C(\C=C/C)CNC=O.CC.CCOc1ccc(C(N)c2ccc(O)cc2[O-])cc1.[Rb+]. The zero-order valence-electron chi connectivity index (χ0n) is 20.4. The average Bonchev–Trinajstić information content (AvgIpc) is 2.80. The van der Waals surface area contributed by atoms with Gasteiger partial charge in [-0.15, -0.1) is 5.75 Å². The van der Waals surface area contributed by atoms with E-state index >= 15 is 0 Å². The van der Waals surface area contributed by atoms with E-state index in [2.05, 4.69) is 11.9 Å². The molecule has 1 amide bonds. The van der Waals surface area contributed by atoms with Crippen molar-refractivity contribution < 1.29 is 77.9 Å². The Labute approximate surface area is 247 Å². The van der Waals surface area contributed by atoms with Crippen LogP contribution in [0.25, 0.3) is 0 Å². The van der Waals surface area contributed by atoms with Gasteiger partial charge in [-0.1, -0.05) is 62.9 Å². The van der Waals surface area contributed by atoms with E-state index < -0.39 is 6.04 Å². The quantitative estimate of drug-likeness (QED) is 0.339. The second-order valence-electron chi connectivity index (χ2n) is 6.18. The molecule has 2 aromatic rings. The van der Waals surface area contributed by atoms with Crippen molar-refractivity contribution in [2.45, 2.75) is 33.7 Å². The summed E-state index contributed by atoms with van der Waals surface area (Å²) in [5.41, 5.74) is 8.39. The van der Waals surface area contributed by atoms with Gasteiger partial charge in [0.25, 0.3) is 0 Å². The van der Waals surface area contributed by atoms with Crippen molar-refractivity contribution >= 4 is 6.41 Å². The number of rotatable bonds is 9. The minimum absolute atomic E-state index is 0. The summed E-state index contributed by atoms with van der Waals surface area (Å²) in [6.45, 7) is 12.6. The normalized spacial score (nSPS) is 11.0. The molecule has 0 spiro atoms. The second kappa shape index (κ2) is 20.9. The Morgan fingerprint density at radius 1 is 1.24 bits per heavy atom. The van der Waals surface area contributed by atoms with E-state index in [0.717, 1.165) is 16.9 Å². The number of nitrogens with two attached hydrogens (primary N) is 1.